The minimum atomic E-state index is -4.63. The number of nitrogens with zero attached hydrogens (tertiary/aromatic N) is 1. The number of benzene rings is 1. The molecule has 0 spiro atoms. The summed E-state index contributed by atoms with van der Waals surface area (Å²) in [6.45, 7) is 4.53. The van der Waals surface area contributed by atoms with Crippen molar-refractivity contribution in [1.82, 2.24) is 4.98 Å². The van der Waals surface area contributed by atoms with Gasteiger partial charge in [0.15, 0.2) is 6.61 Å². The minimum absolute atomic E-state index is 0.0174. The zero-order valence-electron chi connectivity index (χ0n) is 18.4. The van der Waals surface area contributed by atoms with E-state index in [-0.39, 0.29) is 26.4 Å². The highest BCUT2D eigenvalue weighted by Gasteiger charge is 2.36. The number of hydrogen-bond acceptors (Lipinski definition) is 6. The molecule has 0 aliphatic rings. The molecule has 0 atom stereocenters. The molecule has 5 nitrogen and oxygen atoms in total. The lowest BCUT2D eigenvalue weighted by Crippen LogP contribution is -2.21. The molecule has 176 valence electrons. The fraction of sp³-hybridized carbons (Fsp3) is 0.208. The molecular formula is C24H19F3N2O3S2. The van der Waals surface area contributed by atoms with Gasteiger partial charge in [-0.15, -0.1) is 22.7 Å². The summed E-state index contributed by atoms with van der Waals surface area (Å²) in [5.74, 6) is -1.42. The van der Waals surface area contributed by atoms with Crippen LogP contribution in [0.1, 0.15) is 31.9 Å². The molecule has 34 heavy (non-hydrogen) atoms. The molecule has 0 saturated heterocycles. The van der Waals surface area contributed by atoms with Crippen LogP contribution in [0, 0.1) is 20.8 Å². The second-order valence-corrected chi connectivity index (χ2v) is 9.60. The normalized spacial score (nSPS) is 11.6. The molecule has 4 aromatic rings. The third-order valence-corrected chi connectivity index (χ3v) is 7.30. The van der Waals surface area contributed by atoms with Crippen LogP contribution in [-0.4, -0.2) is 23.5 Å². The summed E-state index contributed by atoms with van der Waals surface area (Å²) >= 11 is 2.10. The van der Waals surface area contributed by atoms with Crippen molar-refractivity contribution >= 4 is 50.5 Å². The molecule has 1 N–H and O–H groups in total. The standard InChI is InChI=1S/C24H19F3N2O3S2/c1-12-6-4-7-13(2)20(12)29-18(30)11-32-23(31)21-14(3)19-15(24(25,26)27)10-16(28-22(19)34-21)17-8-5-9-33-17/h4-10H,11H2,1-3H3,(H,29,30). The number of halogens is 3. The monoisotopic (exact) mass is 504 g/mol. The Labute approximate surface area is 201 Å². The Kier molecular flexibility index (Phi) is 6.46. The van der Waals surface area contributed by atoms with Crippen LogP contribution >= 0.6 is 22.7 Å². The van der Waals surface area contributed by atoms with Crippen molar-refractivity contribution in [1.29, 1.82) is 0 Å². The van der Waals surface area contributed by atoms with Gasteiger partial charge in [-0.25, -0.2) is 9.78 Å². The van der Waals surface area contributed by atoms with Gasteiger partial charge in [-0.3, -0.25) is 4.79 Å². The summed E-state index contributed by atoms with van der Waals surface area (Å²) in [4.78, 5) is 30.1. The first-order chi connectivity index (χ1) is 16.1. The molecule has 3 heterocycles. The number of rotatable bonds is 5. The highest BCUT2D eigenvalue weighted by atomic mass is 32.1. The van der Waals surface area contributed by atoms with E-state index >= 15 is 0 Å². The van der Waals surface area contributed by atoms with Gasteiger partial charge < -0.3 is 10.1 Å². The second kappa shape index (κ2) is 9.19. The van der Waals surface area contributed by atoms with E-state index in [0.717, 1.165) is 28.5 Å². The number of para-hydroxylation sites is 1. The van der Waals surface area contributed by atoms with Gasteiger partial charge in [-0.2, -0.15) is 13.2 Å². The van der Waals surface area contributed by atoms with Crippen LogP contribution in [0.15, 0.2) is 41.8 Å². The van der Waals surface area contributed by atoms with E-state index in [1.807, 2.05) is 32.0 Å². The van der Waals surface area contributed by atoms with Crippen molar-refractivity contribution < 1.29 is 27.5 Å². The maximum Gasteiger partial charge on any atom is 0.417 e. The Bertz CT molecular complexity index is 1370. The molecule has 0 fully saturated rings. The number of hydrogen-bond donors (Lipinski definition) is 1. The van der Waals surface area contributed by atoms with Gasteiger partial charge in [0, 0.05) is 11.1 Å². The van der Waals surface area contributed by atoms with Gasteiger partial charge in [0.1, 0.15) is 9.71 Å². The Balaban J connectivity index is 1.61. The van der Waals surface area contributed by atoms with E-state index < -0.39 is 30.2 Å². The SMILES string of the molecule is Cc1cccc(C)c1NC(=O)COC(=O)c1sc2nc(-c3cccs3)cc(C(F)(F)F)c2c1C. The topological polar surface area (TPSA) is 68.3 Å². The largest absolute Gasteiger partial charge is 0.451 e. The van der Waals surface area contributed by atoms with Crippen LogP contribution in [0.4, 0.5) is 18.9 Å². The van der Waals surface area contributed by atoms with E-state index in [9.17, 15) is 22.8 Å². The molecule has 3 aromatic heterocycles. The molecule has 1 amide bonds. The number of carbonyl (C=O) groups excluding carboxylic acids is 2. The third kappa shape index (κ3) is 4.69. The number of ether oxygens (including phenoxy) is 1. The van der Waals surface area contributed by atoms with Crippen LogP contribution < -0.4 is 5.32 Å². The van der Waals surface area contributed by atoms with Crippen molar-refractivity contribution in [2.24, 2.45) is 0 Å². The summed E-state index contributed by atoms with van der Waals surface area (Å²) < 4.78 is 46.7. The van der Waals surface area contributed by atoms with Gasteiger partial charge >= 0.3 is 12.1 Å². The lowest BCUT2D eigenvalue weighted by atomic mass is 10.1. The van der Waals surface area contributed by atoms with E-state index in [0.29, 0.717) is 10.6 Å². The van der Waals surface area contributed by atoms with E-state index in [2.05, 4.69) is 10.3 Å². The van der Waals surface area contributed by atoms with Crippen LogP contribution in [0.25, 0.3) is 20.8 Å². The van der Waals surface area contributed by atoms with Gasteiger partial charge in [-0.05, 0) is 55.0 Å². The van der Waals surface area contributed by atoms with Gasteiger partial charge in [0.05, 0.1) is 16.1 Å². The Hall–Kier alpha value is -3.24. The van der Waals surface area contributed by atoms with Crippen LogP contribution in [-0.2, 0) is 15.7 Å². The van der Waals surface area contributed by atoms with Crippen molar-refractivity contribution in [3.8, 4) is 10.6 Å². The predicted molar refractivity (Wildman–Crippen MR) is 128 cm³/mol. The van der Waals surface area contributed by atoms with Crippen molar-refractivity contribution in [2.45, 2.75) is 26.9 Å². The van der Waals surface area contributed by atoms with Crippen molar-refractivity contribution in [2.75, 3.05) is 11.9 Å². The van der Waals surface area contributed by atoms with E-state index in [1.54, 1.807) is 17.5 Å². The molecule has 10 heteroatoms. The quantitative estimate of drug-likeness (QED) is 0.305. The zero-order chi connectivity index (χ0) is 24.6. The lowest BCUT2D eigenvalue weighted by Gasteiger charge is -2.11. The summed E-state index contributed by atoms with van der Waals surface area (Å²) in [5.41, 5.74) is 1.78. The molecule has 0 aliphatic carbocycles. The van der Waals surface area contributed by atoms with Gasteiger partial charge in [0.2, 0.25) is 0 Å². The van der Waals surface area contributed by atoms with Crippen molar-refractivity contribution in [3.05, 3.63) is 68.9 Å². The number of carbonyl (C=O) groups is 2. The Morgan fingerprint density at radius 3 is 2.41 bits per heavy atom. The minimum Gasteiger partial charge on any atom is -0.451 e. The second-order valence-electron chi connectivity index (χ2n) is 7.66. The fourth-order valence-electron chi connectivity index (χ4n) is 3.60. The number of aromatic nitrogens is 1. The summed E-state index contributed by atoms with van der Waals surface area (Å²) in [7, 11) is 0. The Morgan fingerprint density at radius 2 is 1.79 bits per heavy atom. The zero-order valence-corrected chi connectivity index (χ0v) is 20.0. The molecule has 0 unspecified atom stereocenters. The highest BCUT2D eigenvalue weighted by molar-refractivity contribution is 7.20. The molecule has 0 aliphatic heterocycles. The number of nitrogens with one attached hydrogen (secondary N) is 1. The number of amides is 1. The van der Waals surface area contributed by atoms with Gasteiger partial charge in [0.25, 0.3) is 5.91 Å². The molecular weight excluding hydrogens is 485 g/mol. The van der Waals surface area contributed by atoms with Crippen LogP contribution in [0.3, 0.4) is 0 Å². The average molecular weight is 505 g/mol. The summed E-state index contributed by atoms with van der Waals surface area (Å²) in [6, 6.07) is 9.95. The maximum absolute atomic E-state index is 13.9. The summed E-state index contributed by atoms with van der Waals surface area (Å²) in [5, 5.41) is 4.32. The molecule has 0 bridgehead atoms. The van der Waals surface area contributed by atoms with Crippen molar-refractivity contribution in [3.63, 3.8) is 0 Å². The lowest BCUT2D eigenvalue weighted by molar-refractivity contribution is -0.136. The van der Waals surface area contributed by atoms with E-state index in [1.165, 1.54) is 18.3 Å². The fourth-order valence-corrected chi connectivity index (χ4v) is 5.38. The number of pyridine rings is 1. The third-order valence-electron chi connectivity index (χ3n) is 5.24. The number of thiophene rings is 2. The number of fused-ring (bicyclic) bond motifs is 1. The number of esters is 1. The van der Waals surface area contributed by atoms with Gasteiger partial charge in [-0.1, -0.05) is 24.3 Å². The Morgan fingerprint density at radius 1 is 1.09 bits per heavy atom. The summed E-state index contributed by atoms with van der Waals surface area (Å²) in [6.07, 6.45) is -4.63. The maximum atomic E-state index is 13.9. The van der Waals surface area contributed by atoms with E-state index in [4.69, 9.17) is 4.74 Å². The number of aryl methyl sites for hydroxylation is 3. The predicted octanol–water partition coefficient (Wildman–Crippen LogP) is 6.76. The molecule has 0 saturated carbocycles. The molecule has 0 radical (unpaired) electrons. The number of anilines is 1. The highest BCUT2D eigenvalue weighted by Crippen LogP contribution is 2.42. The average Bonchev–Trinajstić information content (AvgIpc) is 3.42. The van der Waals surface area contributed by atoms with Crippen LogP contribution in [0.2, 0.25) is 0 Å². The molecule has 4 rings (SSSR count). The number of alkyl halides is 3. The first-order valence-corrected chi connectivity index (χ1v) is 11.8. The molecule has 1 aromatic carbocycles. The van der Waals surface area contributed by atoms with Crippen LogP contribution in [0.5, 0.6) is 0 Å². The smallest absolute Gasteiger partial charge is 0.417 e. The first kappa shape index (κ1) is 23.9. The first-order valence-electron chi connectivity index (χ1n) is 10.1.